The molecule has 1 saturated heterocycles. The summed E-state index contributed by atoms with van der Waals surface area (Å²) in [6.07, 6.45) is 1.26. The van der Waals surface area contributed by atoms with Crippen molar-refractivity contribution in [3.8, 4) is 0 Å². The number of halogens is 1. The van der Waals surface area contributed by atoms with Crippen LogP contribution >= 0.6 is 22.6 Å². The number of likely N-dealkylation sites (N-methyl/N-ethyl adjacent to an activating group) is 1. The van der Waals surface area contributed by atoms with Crippen molar-refractivity contribution in [2.24, 2.45) is 5.92 Å². The quantitative estimate of drug-likeness (QED) is 0.530. The van der Waals surface area contributed by atoms with Crippen LogP contribution in [0.15, 0.2) is 23.0 Å². The molecule has 0 aromatic carbocycles. The van der Waals surface area contributed by atoms with Crippen LogP contribution < -0.4 is 5.56 Å². The van der Waals surface area contributed by atoms with Crippen LogP contribution in [0.25, 0.3) is 0 Å². The van der Waals surface area contributed by atoms with E-state index in [0.29, 0.717) is 11.8 Å². The minimum atomic E-state index is 0.173. The average molecular weight is 346 g/mol. The maximum atomic E-state index is 11.7. The first-order valence-electron chi connectivity index (χ1n) is 6.00. The van der Waals surface area contributed by atoms with Gasteiger partial charge < -0.3 is 9.47 Å². The smallest absolute Gasteiger partial charge is 0.250 e. The van der Waals surface area contributed by atoms with Gasteiger partial charge in [0.15, 0.2) is 0 Å². The minimum Gasteiger partial charge on any atom is -0.312 e. The first-order valence-corrected chi connectivity index (χ1v) is 8.16. The van der Waals surface area contributed by atoms with Crippen LogP contribution in [0.2, 0.25) is 0 Å². The summed E-state index contributed by atoms with van der Waals surface area (Å²) in [6, 6.07) is 5.68. The largest absolute Gasteiger partial charge is 0.312 e. The van der Waals surface area contributed by atoms with Crippen molar-refractivity contribution in [1.29, 1.82) is 0 Å². The third kappa shape index (κ3) is 2.57. The summed E-state index contributed by atoms with van der Waals surface area (Å²) in [6.45, 7) is 3.15. The van der Waals surface area contributed by atoms with E-state index in [-0.39, 0.29) is 5.56 Å². The zero-order valence-corrected chi connectivity index (χ0v) is 12.6. The number of pyridine rings is 1. The molecule has 0 radical (unpaired) electrons. The van der Waals surface area contributed by atoms with Gasteiger partial charge in [0.25, 0.3) is 5.56 Å². The van der Waals surface area contributed by atoms with Crippen LogP contribution in [-0.4, -0.2) is 34.5 Å². The molecule has 1 aromatic rings. The Morgan fingerprint density at radius 2 is 2.00 bits per heavy atom. The van der Waals surface area contributed by atoms with Crippen LogP contribution in [0.3, 0.4) is 0 Å². The molecule has 94 valence electrons. The van der Waals surface area contributed by atoms with E-state index in [1.807, 2.05) is 15.6 Å². The Balaban J connectivity index is 0.000000514. The Bertz CT molecular complexity index is 443. The van der Waals surface area contributed by atoms with Crippen molar-refractivity contribution in [3.63, 3.8) is 0 Å². The fourth-order valence-electron chi connectivity index (χ4n) is 3.14. The third-order valence-corrected chi connectivity index (χ3v) is 3.66. The van der Waals surface area contributed by atoms with Gasteiger partial charge in [-0.15, -0.1) is 0 Å². The number of alkyl halides is 1. The summed E-state index contributed by atoms with van der Waals surface area (Å²) in [5.41, 5.74) is 1.41. The van der Waals surface area contributed by atoms with Gasteiger partial charge in [-0.3, -0.25) is 4.79 Å². The lowest BCUT2D eigenvalue weighted by Crippen LogP contribution is -2.45. The number of aromatic nitrogens is 1. The number of nitrogens with zero attached hydrogens (tertiary/aromatic N) is 2. The second-order valence-corrected chi connectivity index (χ2v) is 4.92. The highest BCUT2D eigenvalue weighted by molar-refractivity contribution is 14.1. The molecule has 0 unspecified atom stereocenters. The Labute approximate surface area is 116 Å². The van der Waals surface area contributed by atoms with E-state index in [1.54, 1.807) is 6.07 Å². The molecule has 0 amide bonds. The summed E-state index contributed by atoms with van der Waals surface area (Å²) in [5.74, 6) is 1.23. The normalized spacial score (nSPS) is 26.8. The van der Waals surface area contributed by atoms with Crippen LogP contribution in [-0.2, 0) is 6.54 Å². The molecule has 2 bridgehead atoms. The van der Waals surface area contributed by atoms with Crippen molar-refractivity contribution in [3.05, 3.63) is 34.2 Å². The molecule has 3 heterocycles. The van der Waals surface area contributed by atoms with Crippen molar-refractivity contribution in [2.75, 3.05) is 25.1 Å². The van der Waals surface area contributed by atoms with E-state index in [0.717, 1.165) is 19.6 Å². The summed E-state index contributed by atoms with van der Waals surface area (Å²) < 4.78 is 1.98. The van der Waals surface area contributed by atoms with Crippen molar-refractivity contribution < 1.29 is 0 Å². The molecule has 3 nitrogen and oxygen atoms in total. The molecule has 2 atom stereocenters. The fraction of sp³-hybridized carbons (Fsp3) is 0.615. The zero-order valence-electron chi connectivity index (χ0n) is 10.4. The van der Waals surface area contributed by atoms with E-state index in [4.69, 9.17) is 0 Å². The molecule has 17 heavy (non-hydrogen) atoms. The molecular formula is C13H19IN2O. The van der Waals surface area contributed by atoms with Gasteiger partial charge in [0.2, 0.25) is 0 Å². The van der Waals surface area contributed by atoms with Gasteiger partial charge in [0.1, 0.15) is 0 Å². The molecule has 4 heteroatoms. The third-order valence-electron chi connectivity index (χ3n) is 3.66. The zero-order chi connectivity index (χ0) is 12.4. The Hall–Kier alpha value is -0.360. The van der Waals surface area contributed by atoms with Crippen LogP contribution in [0, 0.1) is 5.92 Å². The topological polar surface area (TPSA) is 25.2 Å². The van der Waals surface area contributed by atoms with Gasteiger partial charge in [-0.05, 0) is 30.4 Å². The molecule has 1 aromatic heterocycles. The Morgan fingerprint density at radius 1 is 1.24 bits per heavy atom. The molecule has 0 N–H and O–H groups in total. The minimum absolute atomic E-state index is 0.173. The van der Waals surface area contributed by atoms with Crippen molar-refractivity contribution >= 4 is 22.6 Å². The lowest BCUT2D eigenvalue weighted by molar-refractivity contribution is 0.145. The summed E-state index contributed by atoms with van der Waals surface area (Å²) in [7, 11) is 2.18. The van der Waals surface area contributed by atoms with Crippen LogP contribution in [0.1, 0.15) is 18.0 Å². The van der Waals surface area contributed by atoms with E-state index in [1.165, 1.54) is 12.1 Å². The van der Waals surface area contributed by atoms with Gasteiger partial charge in [-0.25, -0.2) is 0 Å². The monoisotopic (exact) mass is 346 g/mol. The lowest BCUT2D eigenvalue weighted by Gasteiger charge is -2.41. The predicted octanol–water partition coefficient (Wildman–Crippen LogP) is 1.95. The lowest BCUT2D eigenvalue weighted by atomic mass is 9.83. The number of hydrogen-bond donors (Lipinski definition) is 0. The SMILES string of the molecule is CI.CN1C[C@H]2C[C@@H](C1)c1cccc(=O)n1C2. The van der Waals surface area contributed by atoms with Crippen LogP contribution in [0.5, 0.6) is 0 Å². The number of likely N-dealkylation sites (tertiary alicyclic amines) is 1. The first kappa shape index (κ1) is 13.1. The number of rotatable bonds is 0. The molecule has 2 aliphatic rings. The maximum Gasteiger partial charge on any atom is 0.250 e. The first-order chi connectivity index (χ1) is 8.24. The standard InChI is InChI=1S/C12H16N2O.CH3I/c1-13-6-9-5-10(8-13)11-3-2-4-12(15)14(11)7-9;1-2/h2-4,9-10H,5-8H2,1H3;1H3/t9-,10+;/m1./s1. The molecule has 2 aliphatic heterocycles. The van der Waals surface area contributed by atoms with E-state index in [2.05, 4.69) is 40.6 Å². The maximum absolute atomic E-state index is 11.7. The molecule has 0 saturated carbocycles. The van der Waals surface area contributed by atoms with Crippen molar-refractivity contribution in [1.82, 2.24) is 9.47 Å². The van der Waals surface area contributed by atoms with E-state index >= 15 is 0 Å². The molecule has 1 fully saturated rings. The second-order valence-electron chi connectivity index (χ2n) is 4.92. The summed E-state index contributed by atoms with van der Waals surface area (Å²) in [5, 5.41) is 0. The average Bonchev–Trinajstić information content (AvgIpc) is 2.33. The molecular weight excluding hydrogens is 327 g/mol. The second kappa shape index (κ2) is 5.52. The van der Waals surface area contributed by atoms with Gasteiger partial charge in [-0.2, -0.15) is 0 Å². The van der Waals surface area contributed by atoms with Crippen LogP contribution in [0.4, 0.5) is 0 Å². The Kier molecular flexibility index (Phi) is 4.25. The van der Waals surface area contributed by atoms with Gasteiger partial charge >= 0.3 is 0 Å². The molecule has 0 spiro atoms. The van der Waals surface area contributed by atoms with E-state index in [9.17, 15) is 4.79 Å². The highest BCUT2D eigenvalue weighted by Crippen LogP contribution is 2.33. The predicted molar refractivity (Wildman–Crippen MR) is 79.0 cm³/mol. The molecule has 3 rings (SSSR count). The van der Waals surface area contributed by atoms with E-state index < -0.39 is 0 Å². The molecule has 0 aliphatic carbocycles. The van der Waals surface area contributed by atoms with Gasteiger partial charge in [0, 0.05) is 37.3 Å². The summed E-state index contributed by atoms with van der Waals surface area (Å²) >= 11 is 2.15. The van der Waals surface area contributed by atoms with Gasteiger partial charge in [0.05, 0.1) is 0 Å². The van der Waals surface area contributed by atoms with Gasteiger partial charge in [-0.1, -0.05) is 28.7 Å². The highest BCUT2D eigenvalue weighted by Gasteiger charge is 2.32. The Morgan fingerprint density at radius 3 is 2.76 bits per heavy atom. The number of hydrogen-bond acceptors (Lipinski definition) is 2. The highest BCUT2D eigenvalue weighted by atomic mass is 127. The number of piperidine rings is 1. The fourth-order valence-corrected chi connectivity index (χ4v) is 3.14. The van der Waals surface area contributed by atoms with Crippen molar-refractivity contribution in [2.45, 2.75) is 18.9 Å². The summed E-state index contributed by atoms with van der Waals surface area (Å²) in [4.78, 5) is 16.1. The number of fused-ring (bicyclic) bond motifs is 4.